The van der Waals surface area contributed by atoms with Crippen molar-refractivity contribution in [3.63, 3.8) is 0 Å². The molecule has 2 aromatic heterocycles. The van der Waals surface area contributed by atoms with Gasteiger partial charge in [-0.15, -0.1) is 0 Å². The van der Waals surface area contributed by atoms with Gasteiger partial charge in [0.05, 0.1) is 0 Å². The quantitative estimate of drug-likeness (QED) is 0.737. The maximum Gasteiger partial charge on any atom is 0.252 e. The molecule has 27 heavy (non-hydrogen) atoms. The third-order valence-electron chi connectivity index (χ3n) is 6.32. The number of fused-ring (bicyclic) bond motifs is 2. The molecule has 0 amide bonds. The van der Waals surface area contributed by atoms with Crippen molar-refractivity contribution in [2.75, 3.05) is 5.32 Å². The van der Waals surface area contributed by atoms with Crippen LogP contribution in [0, 0.1) is 11.8 Å². The van der Waals surface area contributed by atoms with Gasteiger partial charge in [-0.25, -0.2) is 4.98 Å². The summed E-state index contributed by atoms with van der Waals surface area (Å²) in [4.78, 5) is 21.9. The van der Waals surface area contributed by atoms with E-state index in [1.54, 1.807) is 6.07 Å². The molecule has 0 spiro atoms. The largest absolute Gasteiger partial charge is 0.324 e. The smallest absolute Gasteiger partial charge is 0.252 e. The Morgan fingerprint density at radius 3 is 2.70 bits per heavy atom. The van der Waals surface area contributed by atoms with Crippen molar-refractivity contribution >= 4 is 22.7 Å². The summed E-state index contributed by atoms with van der Waals surface area (Å²) in [5, 5.41) is 4.16. The lowest BCUT2D eigenvalue weighted by Crippen LogP contribution is -2.31. The molecule has 0 bridgehead atoms. The van der Waals surface area contributed by atoms with E-state index in [2.05, 4.69) is 10.3 Å². The summed E-state index contributed by atoms with van der Waals surface area (Å²) in [6.45, 7) is 0. The molecular formula is C22H24N4O. The van der Waals surface area contributed by atoms with Crippen LogP contribution in [0.25, 0.3) is 11.0 Å². The molecule has 1 aromatic carbocycles. The fraction of sp³-hybridized carbons (Fsp3) is 0.409. The summed E-state index contributed by atoms with van der Waals surface area (Å²) in [7, 11) is 0. The van der Waals surface area contributed by atoms with Gasteiger partial charge in [-0.3, -0.25) is 9.36 Å². The Labute approximate surface area is 158 Å². The molecule has 0 saturated heterocycles. The van der Waals surface area contributed by atoms with Crippen molar-refractivity contribution in [2.24, 2.45) is 11.8 Å². The van der Waals surface area contributed by atoms with Crippen molar-refractivity contribution in [2.45, 2.75) is 44.6 Å². The van der Waals surface area contributed by atoms with Gasteiger partial charge in [0.25, 0.3) is 5.56 Å². The van der Waals surface area contributed by atoms with Crippen LogP contribution in [0.4, 0.5) is 11.6 Å². The highest BCUT2D eigenvalue weighted by Gasteiger charge is 2.35. The molecule has 3 unspecified atom stereocenters. The van der Waals surface area contributed by atoms with E-state index in [-0.39, 0.29) is 11.6 Å². The van der Waals surface area contributed by atoms with Gasteiger partial charge in [0, 0.05) is 29.4 Å². The van der Waals surface area contributed by atoms with Crippen molar-refractivity contribution in [1.82, 2.24) is 14.5 Å². The van der Waals surface area contributed by atoms with Gasteiger partial charge in [-0.2, -0.15) is 4.98 Å². The molecule has 0 aliphatic heterocycles. The van der Waals surface area contributed by atoms with Crippen LogP contribution in [-0.2, 0) is 0 Å². The highest BCUT2D eigenvalue weighted by atomic mass is 16.1. The number of para-hydroxylation sites is 1. The average molecular weight is 360 g/mol. The maximum absolute atomic E-state index is 12.8. The van der Waals surface area contributed by atoms with Crippen molar-refractivity contribution in [1.29, 1.82) is 0 Å². The van der Waals surface area contributed by atoms with E-state index in [0.29, 0.717) is 5.95 Å². The third kappa shape index (κ3) is 3.11. The van der Waals surface area contributed by atoms with Crippen LogP contribution < -0.4 is 10.9 Å². The van der Waals surface area contributed by atoms with Gasteiger partial charge in [-0.05, 0) is 49.3 Å². The molecule has 2 fully saturated rings. The Morgan fingerprint density at radius 1 is 0.963 bits per heavy atom. The molecule has 2 heterocycles. The number of nitrogens with zero attached hydrogens (tertiary/aromatic N) is 3. The molecule has 2 saturated carbocycles. The van der Waals surface area contributed by atoms with Crippen LogP contribution in [-0.4, -0.2) is 14.5 Å². The predicted octanol–water partition coefficient (Wildman–Crippen LogP) is 4.68. The maximum atomic E-state index is 12.8. The summed E-state index contributed by atoms with van der Waals surface area (Å²) in [6.07, 6.45) is 9.26. The summed E-state index contributed by atoms with van der Waals surface area (Å²) >= 11 is 0. The standard InChI is InChI=1S/C22H24N4O/c27-20-12-10-17-14-23-22(24-18-7-2-1-3-8-18)25-21(17)26(20)19-11-9-15-5-4-6-16(15)13-19/h1-3,7-8,10,12,14-16,19H,4-6,9,11,13H2,(H,23,24,25). The fourth-order valence-corrected chi connectivity index (χ4v) is 5.01. The van der Waals surface area contributed by atoms with Crippen LogP contribution in [0.2, 0.25) is 0 Å². The Hall–Kier alpha value is -2.69. The first-order chi connectivity index (χ1) is 13.3. The van der Waals surface area contributed by atoms with Gasteiger partial charge in [0.2, 0.25) is 5.95 Å². The lowest BCUT2D eigenvalue weighted by molar-refractivity contribution is 0.210. The minimum absolute atomic E-state index is 0.0494. The number of pyridine rings is 1. The van der Waals surface area contributed by atoms with Gasteiger partial charge in [-0.1, -0.05) is 37.5 Å². The van der Waals surface area contributed by atoms with Crippen LogP contribution in [0.1, 0.15) is 44.6 Å². The number of hydrogen-bond donors (Lipinski definition) is 1. The first kappa shape index (κ1) is 16.5. The monoisotopic (exact) mass is 360 g/mol. The second kappa shape index (κ2) is 6.80. The van der Waals surface area contributed by atoms with Gasteiger partial charge in [0.1, 0.15) is 5.65 Å². The topological polar surface area (TPSA) is 59.8 Å². The summed E-state index contributed by atoms with van der Waals surface area (Å²) in [6, 6.07) is 13.6. The zero-order valence-electron chi connectivity index (χ0n) is 15.3. The molecule has 3 atom stereocenters. The van der Waals surface area contributed by atoms with Crippen molar-refractivity contribution < 1.29 is 0 Å². The third-order valence-corrected chi connectivity index (χ3v) is 6.32. The van der Waals surface area contributed by atoms with E-state index in [1.807, 2.05) is 47.2 Å². The van der Waals surface area contributed by atoms with Crippen LogP contribution >= 0.6 is 0 Å². The predicted molar refractivity (Wildman–Crippen MR) is 107 cm³/mol. The number of hydrogen-bond acceptors (Lipinski definition) is 4. The molecule has 2 aliphatic rings. The first-order valence-electron chi connectivity index (χ1n) is 9.98. The second-order valence-corrected chi connectivity index (χ2v) is 7.92. The Bertz CT molecular complexity index is 1010. The summed E-state index contributed by atoms with van der Waals surface area (Å²) in [5.41, 5.74) is 1.74. The van der Waals surface area contributed by atoms with E-state index in [1.165, 1.54) is 25.7 Å². The zero-order valence-corrected chi connectivity index (χ0v) is 15.3. The Balaban J connectivity index is 1.53. The number of benzene rings is 1. The minimum atomic E-state index is 0.0494. The molecule has 138 valence electrons. The van der Waals surface area contributed by atoms with E-state index in [0.717, 1.165) is 41.4 Å². The summed E-state index contributed by atoms with van der Waals surface area (Å²) in [5.74, 6) is 2.18. The van der Waals surface area contributed by atoms with Gasteiger partial charge < -0.3 is 5.32 Å². The zero-order chi connectivity index (χ0) is 18.2. The number of aromatic nitrogens is 3. The molecule has 5 heteroatoms. The van der Waals surface area contributed by atoms with E-state index in [9.17, 15) is 4.79 Å². The lowest BCUT2D eigenvalue weighted by atomic mass is 9.79. The normalized spacial score (nSPS) is 24.7. The highest BCUT2D eigenvalue weighted by Crippen LogP contribution is 2.45. The van der Waals surface area contributed by atoms with E-state index >= 15 is 0 Å². The van der Waals surface area contributed by atoms with Crippen molar-refractivity contribution in [3.8, 4) is 0 Å². The van der Waals surface area contributed by atoms with Crippen LogP contribution in [0.15, 0.2) is 53.5 Å². The van der Waals surface area contributed by atoms with Crippen LogP contribution in [0.3, 0.4) is 0 Å². The molecule has 5 nitrogen and oxygen atoms in total. The number of nitrogens with one attached hydrogen (secondary N) is 1. The minimum Gasteiger partial charge on any atom is -0.324 e. The van der Waals surface area contributed by atoms with E-state index in [4.69, 9.17) is 4.98 Å². The molecule has 0 radical (unpaired) electrons. The highest BCUT2D eigenvalue weighted by molar-refractivity contribution is 5.75. The lowest BCUT2D eigenvalue weighted by Gasteiger charge is -2.33. The average Bonchev–Trinajstić information content (AvgIpc) is 3.16. The van der Waals surface area contributed by atoms with Crippen molar-refractivity contribution in [3.05, 3.63) is 59.0 Å². The molecule has 2 aliphatic carbocycles. The molecule has 5 rings (SSSR count). The number of rotatable bonds is 3. The second-order valence-electron chi connectivity index (χ2n) is 7.92. The Morgan fingerprint density at radius 2 is 1.81 bits per heavy atom. The van der Waals surface area contributed by atoms with E-state index < -0.39 is 0 Å². The molecular weight excluding hydrogens is 336 g/mol. The van der Waals surface area contributed by atoms with Crippen LogP contribution in [0.5, 0.6) is 0 Å². The number of anilines is 2. The fourth-order valence-electron chi connectivity index (χ4n) is 5.01. The molecule has 1 N–H and O–H groups in total. The Kier molecular flexibility index (Phi) is 4.15. The first-order valence-corrected chi connectivity index (χ1v) is 9.98. The summed E-state index contributed by atoms with van der Waals surface area (Å²) < 4.78 is 1.93. The molecule has 3 aromatic rings. The van der Waals surface area contributed by atoms with Gasteiger partial charge >= 0.3 is 0 Å². The van der Waals surface area contributed by atoms with Gasteiger partial charge in [0.15, 0.2) is 0 Å². The SMILES string of the molecule is O=c1ccc2cnc(Nc3ccccc3)nc2n1C1CCC2CCCC2C1.